The highest BCUT2D eigenvalue weighted by molar-refractivity contribution is 7.99. The number of thioether (sulfide) groups is 1. The summed E-state index contributed by atoms with van der Waals surface area (Å²) in [6.07, 6.45) is 1.64. The summed E-state index contributed by atoms with van der Waals surface area (Å²) in [6.45, 7) is 8.46. The molecule has 0 aliphatic heterocycles. The molecule has 0 atom stereocenters. The normalized spacial score (nSPS) is 11.0. The van der Waals surface area contributed by atoms with Crippen LogP contribution in [0.3, 0.4) is 0 Å². The number of hydrogen-bond acceptors (Lipinski definition) is 6. The van der Waals surface area contributed by atoms with Crippen molar-refractivity contribution >= 4 is 23.4 Å². The first-order valence-electron chi connectivity index (χ1n) is 9.15. The van der Waals surface area contributed by atoms with Crippen molar-refractivity contribution in [2.24, 2.45) is 0 Å². The molecule has 1 N–H and O–H groups in total. The lowest BCUT2D eigenvalue weighted by Gasteiger charge is -2.14. The largest absolute Gasteiger partial charge is 0.492 e. The van der Waals surface area contributed by atoms with Crippen LogP contribution in [-0.4, -0.2) is 33.0 Å². The van der Waals surface area contributed by atoms with Gasteiger partial charge >= 0.3 is 0 Å². The molecule has 1 amide bonds. The topological polar surface area (TPSA) is 82.2 Å². The minimum Gasteiger partial charge on any atom is -0.492 e. The zero-order chi connectivity index (χ0) is 20.1. The molecule has 0 radical (unpaired) electrons. The number of anilines is 1. The van der Waals surface area contributed by atoms with E-state index in [-0.39, 0.29) is 17.7 Å². The molecule has 2 heterocycles. The summed E-state index contributed by atoms with van der Waals surface area (Å²) in [5, 5.41) is 12.2. The number of ether oxygens (including phenoxy) is 1. The van der Waals surface area contributed by atoms with Gasteiger partial charge in [0.15, 0.2) is 11.0 Å². The summed E-state index contributed by atoms with van der Waals surface area (Å²) >= 11 is 1.35. The molecule has 3 aromatic rings. The Bertz CT molecular complexity index is 949. The summed E-state index contributed by atoms with van der Waals surface area (Å²) in [6, 6.07) is 9.42. The second kappa shape index (κ2) is 8.97. The molecule has 0 saturated carbocycles. The summed E-state index contributed by atoms with van der Waals surface area (Å²) in [5.74, 6) is 2.28. The number of nitrogens with zero attached hydrogens (tertiary/aromatic N) is 3. The molecule has 0 unspecified atom stereocenters. The molecule has 0 saturated heterocycles. The smallest absolute Gasteiger partial charge is 0.234 e. The van der Waals surface area contributed by atoms with Gasteiger partial charge in [0.25, 0.3) is 0 Å². The van der Waals surface area contributed by atoms with E-state index in [9.17, 15) is 4.79 Å². The summed E-state index contributed by atoms with van der Waals surface area (Å²) < 4.78 is 13.0. The number of furan rings is 1. The van der Waals surface area contributed by atoms with Crippen molar-refractivity contribution in [1.29, 1.82) is 0 Å². The maximum Gasteiger partial charge on any atom is 0.234 e. The van der Waals surface area contributed by atoms with Crippen LogP contribution in [0, 0.1) is 6.92 Å². The molecular formula is C20H24N4O3S. The van der Waals surface area contributed by atoms with Gasteiger partial charge in [0.1, 0.15) is 11.5 Å². The fourth-order valence-electron chi connectivity index (χ4n) is 2.81. The molecule has 148 valence electrons. The Kier molecular flexibility index (Phi) is 6.41. The van der Waals surface area contributed by atoms with E-state index in [0.717, 1.165) is 17.1 Å². The predicted octanol–water partition coefficient (Wildman–Crippen LogP) is 4.56. The van der Waals surface area contributed by atoms with E-state index in [4.69, 9.17) is 9.15 Å². The monoisotopic (exact) mass is 400 g/mol. The first-order chi connectivity index (χ1) is 13.5. The maximum atomic E-state index is 12.5. The molecular weight excluding hydrogens is 376 g/mol. The Morgan fingerprint density at radius 1 is 1.29 bits per heavy atom. The zero-order valence-corrected chi connectivity index (χ0v) is 17.2. The van der Waals surface area contributed by atoms with Crippen molar-refractivity contribution in [1.82, 2.24) is 14.8 Å². The minimum absolute atomic E-state index is 0.128. The molecule has 0 bridgehead atoms. The lowest BCUT2D eigenvalue weighted by molar-refractivity contribution is -0.113. The average molecular weight is 401 g/mol. The average Bonchev–Trinajstić information content (AvgIpc) is 3.27. The van der Waals surface area contributed by atoms with Crippen LogP contribution in [0.4, 0.5) is 5.69 Å². The van der Waals surface area contributed by atoms with Gasteiger partial charge in [-0.1, -0.05) is 23.9 Å². The van der Waals surface area contributed by atoms with Gasteiger partial charge in [0.2, 0.25) is 5.91 Å². The summed E-state index contributed by atoms with van der Waals surface area (Å²) in [5.41, 5.74) is 1.57. The van der Waals surface area contributed by atoms with Crippen molar-refractivity contribution in [2.75, 3.05) is 17.7 Å². The number of aryl methyl sites for hydroxylation is 1. The van der Waals surface area contributed by atoms with Gasteiger partial charge < -0.3 is 14.5 Å². The molecule has 8 heteroatoms. The van der Waals surface area contributed by atoms with Gasteiger partial charge in [-0.15, -0.1) is 10.2 Å². The number of hydrogen-bond donors (Lipinski definition) is 1. The minimum atomic E-state index is -0.128. The van der Waals surface area contributed by atoms with Crippen LogP contribution in [0.15, 0.2) is 46.2 Å². The van der Waals surface area contributed by atoms with Crippen LogP contribution in [0.5, 0.6) is 5.75 Å². The number of carbonyl (C=O) groups excluding carboxylic acids is 1. The highest BCUT2D eigenvalue weighted by Gasteiger charge is 2.20. The van der Waals surface area contributed by atoms with Crippen molar-refractivity contribution < 1.29 is 13.9 Å². The molecule has 0 fully saturated rings. The van der Waals surface area contributed by atoms with Crippen LogP contribution < -0.4 is 10.1 Å². The Balaban J connectivity index is 1.72. The molecule has 0 spiro atoms. The quantitative estimate of drug-likeness (QED) is 0.558. The van der Waals surface area contributed by atoms with Crippen LogP contribution in [0.2, 0.25) is 0 Å². The number of nitrogens with one attached hydrogen (secondary N) is 1. The molecule has 2 aromatic heterocycles. The van der Waals surface area contributed by atoms with Gasteiger partial charge in [0.05, 0.1) is 29.9 Å². The Labute approximate surface area is 168 Å². The number of aromatic nitrogens is 3. The van der Waals surface area contributed by atoms with E-state index < -0.39 is 0 Å². The first-order valence-corrected chi connectivity index (χ1v) is 10.1. The first kappa shape index (κ1) is 20.0. The third-order valence-electron chi connectivity index (χ3n) is 4.07. The highest BCUT2D eigenvalue weighted by atomic mass is 32.2. The Morgan fingerprint density at radius 3 is 2.75 bits per heavy atom. The van der Waals surface area contributed by atoms with Gasteiger partial charge in [0, 0.05) is 6.04 Å². The van der Waals surface area contributed by atoms with Crippen molar-refractivity contribution in [2.45, 2.75) is 38.9 Å². The van der Waals surface area contributed by atoms with Gasteiger partial charge in [-0.25, -0.2) is 0 Å². The predicted molar refractivity (Wildman–Crippen MR) is 110 cm³/mol. The van der Waals surface area contributed by atoms with Crippen molar-refractivity contribution in [3.8, 4) is 17.1 Å². The molecule has 28 heavy (non-hydrogen) atoms. The highest BCUT2D eigenvalue weighted by Crippen LogP contribution is 2.30. The van der Waals surface area contributed by atoms with Gasteiger partial charge in [-0.2, -0.15) is 0 Å². The number of benzene rings is 1. The van der Waals surface area contributed by atoms with E-state index >= 15 is 0 Å². The van der Waals surface area contributed by atoms with E-state index in [1.54, 1.807) is 6.26 Å². The van der Waals surface area contributed by atoms with Gasteiger partial charge in [-0.3, -0.25) is 9.36 Å². The molecule has 1 aromatic carbocycles. The second-order valence-electron chi connectivity index (χ2n) is 6.43. The van der Waals surface area contributed by atoms with E-state index in [1.807, 2.05) is 48.7 Å². The lowest BCUT2D eigenvalue weighted by atomic mass is 10.2. The van der Waals surface area contributed by atoms with Crippen molar-refractivity contribution in [3.63, 3.8) is 0 Å². The Hall–Kier alpha value is -2.74. The van der Waals surface area contributed by atoms with Crippen LogP contribution >= 0.6 is 11.8 Å². The zero-order valence-electron chi connectivity index (χ0n) is 16.4. The van der Waals surface area contributed by atoms with Crippen LogP contribution in [0.25, 0.3) is 11.4 Å². The van der Waals surface area contributed by atoms with E-state index in [2.05, 4.69) is 29.4 Å². The van der Waals surface area contributed by atoms with E-state index in [0.29, 0.717) is 23.2 Å². The Morgan fingerprint density at radius 2 is 2.07 bits per heavy atom. The lowest BCUT2D eigenvalue weighted by Crippen LogP contribution is -2.15. The fourth-order valence-corrected chi connectivity index (χ4v) is 3.68. The van der Waals surface area contributed by atoms with E-state index in [1.165, 1.54) is 11.8 Å². The summed E-state index contributed by atoms with van der Waals surface area (Å²) in [4.78, 5) is 12.5. The third-order valence-corrected chi connectivity index (χ3v) is 5.02. The van der Waals surface area contributed by atoms with Crippen molar-refractivity contribution in [3.05, 3.63) is 42.4 Å². The molecule has 0 aliphatic carbocycles. The number of amides is 1. The maximum absolute atomic E-state index is 12.5. The van der Waals surface area contributed by atoms with Crippen LogP contribution in [0.1, 0.15) is 32.6 Å². The molecule has 7 nitrogen and oxygen atoms in total. The third kappa shape index (κ3) is 4.39. The molecule has 0 aliphatic rings. The standard InChI is InChI=1S/C20H24N4O3S/c1-5-26-17-9-7-6-8-16(17)21-18(25)12-28-20-23-22-19(24(20)13(2)3)15-10-11-27-14(15)4/h6-11,13H,5,12H2,1-4H3,(H,21,25). The van der Waals surface area contributed by atoms with Gasteiger partial charge in [-0.05, 0) is 45.9 Å². The fraction of sp³-hybridized carbons (Fsp3) is 0.350. The second-order valence-corrected chi connectivity index (χ2v) is 7.37. The molecule has 3 rings (SSSR count). The number of para-hydroxylation sites is 2. The number of rotatable bonds is 8. The SMILES string of the molecule is CCOc1ccccc1NC(=O)CSc1nnc(-c2ccoc2C)n1C(C)C. The number of carbonyl (C=O) groups is 1. The van der Waals surface area contributed by atoms with Crippen LogP contribution in [-0.2, 0) is 4.79 Å². The summed E-state index contributed by atoms with van der Waals surface area (Å²) in [7, 11) is 0.